The van der Waals surface area contributed by atoms with Crippen LogP contribution in [0.5, 0.6) is 5.75 Å². The van der Waals surface area contributed by atoms with Crippen molar-refractivity contribution in [2.75, 3.05) is 33.8 Å². The average molecular weight is 266 g/mol. The van der Waals surface area contributed by atoms with Crippen LogP contribution in [0.25, 0.3) is 0 Å². The highest BCUT2D eigenvalue weighted by Gasteiger charge is 2.19. The summed E-state index contributed by atoms with van der Waals surface area (Å²) in [6.07, 6.45) is 0. The zero-order valence-electron chi connectivity index (χ0n) is 11.7. The van der Waals surface area contributed by atoms with E-state index < -0.39 is 12.0 Å². The monoisotopic (exact) mass is 266 g/mol. The van der Waals surface area contributed by atoms with Crippen LogP contribution in [-0.2, 0) is 4.79 Å². The lowest BCUT2D eigenvalue weighted by molar-refractivity contribution is -0.139. The summed E-state index contributed by atoms with van der Waals surface area (Å²) in [6, 6.07) is 6.49. The first kappa shape index (κ1) is 15.5. The van der Waals surface area contributed by atoms with Gasteiger partial charge in [-0.15, -0.1) is 0 Å². The molecule has 1 unspecified atom stereocenters. The maximum Gasteiger partial charge on any atom is 0.325 e. The zero-order chi connectivity index (χ0) is 14.3. The third-order valence-corrected chi connectivity index (χ3v) is 2.66. The van der Waals surface area contributed by atoms with Gasteiger partial charge in [-0.2, -0.15) is 0 Å². The van der Waals surface area contributed by atoms with Crippen LogP contribution >= 0.6 is 0 Å². The molecule has 106 valence electrons. The predicted octanol–water partition coefficient (Wildman–Crippen LogP) is 1.36. The maximum absolute atomic E-state index is 11.3. The maximum atomic E-state index is 11.3. The van der Waals surface area contributed by atoms with Crippen LogP contribution in [0.15, 0.2) is 24.3 Å². The number of carboxylic acid groups (broad SMARTS) is 1. The first-order valence-corrected chi connectivity index (χ1v) is 6.38. The van der Waals surface area contributed by atoms with Crippen molar-refractivity contribution in [3.05, 3.63) is 29.8 Å². The molecule has 0 amide bonds. The van der Waals surface area contributed by atoms with E-state index in [-0.39, 0.29) is 0 Å². The molecule has 0 bridgehead atoms. The molecule has 0 saturated heterocycles. The van der Waals surface area contributed by atoms with E-state index >= 15 is 0 Å². The second-order valence-corrected chi connectivity index (χ2v) is 4.53. The number of nitrogens with zero attached hydrogens (tertiary/aromatic N) is 1. The molecule has 1 rings (SSSR count). The Hall–Kier alpha value is -1.59. The summed E-state index contributed by atoms with van der Waals surface area (Å²) in [5.74, 6) is -0.187. The Morgan fingerprint density at radius 1 is 1.47 bits per heavy atom. The molecule has 5 heteroatoms. The summed E-state index contributed by atoms with van der Waals surface area (Å²) in [7, 11) is 3.90. The molecule has 0 aliphatic carbocycles. The summed E-state index contributed by atoms with van der Waals surface area (Å²) in [5, 5.41) is 12.3. The molecule has 2 N–H and O–H groups in total. The van der Waals surface area contributed by atoms with Crippen molar-refractivity contribution in [3.8, 4) is 5.75 Å². The molecule has 1 atom stereocenters. The van der Waals surface area contributed by atoms with Gasteiger partial charge < -0.3 is 14.7 Å². The molecular weight excluding hydrogens is 244 g/mol. The fourth-order valence-electron chi connectivity index (χ4n) is 1.73. The van der Waals surface area contributed by atoms with E-state index in [2.05, 4.69) is 5.32 Å². The van der Waals surface area contributed by atoms with Crippen molar-refractivity contribution < 1.29 is 14.6 Å². The Labute approximate surface area is 114 Å². The van der Waals surface area contributed by atoms with Crippen molar-refractivity contribution in [2.24, 2.45) is 0 Å². The largest absolute Gasteiger partial charge is 0.494 e. The van der Waals surface area contributed by atoms with Crippen molar-refractivity contribution in [1.29, 1.82) is 0 Å². The van der Waals surface area contributed by atoms with Gasteiger partial charge in [-0.05, 0) is 38.7 Å². The van der Waals surface area contributed by atoms with Crippen LogP contribution in [-0.4, -0.2) is 49.8 Å². The van der Waals surface area contributed by atoms with Crippen LogP contribution in [0.4, 0.5) is 0 Å². The summed E-state index contributed by atoms with van der Waals surface area (Å²) >= 11 is 0. The molecule has 0 aliphatic rings. The SMILES string of the molecule is CCOc1cccc(C(NCCN(C)C)C(=O)O)c1. The van der Waals surface area contributed by atoms with Crippen molar-refractivity contribution in [1.82, 2.24) is 10.2 Å². The van der Waals surface area contributed by atoms with Crippen LogP contribution in [0.2, 0.25) is 0 Å². The molecular formula is C14H22N2O3. The number of hydrogen-bond donors (Lipinski definition) is 2. The minimum absolute atomic E-state index is 0.565. The Morgan fingerprint density at radius 3 is 2.79 bits per heavy atom. The fourth-order valence-corrected chi connectivity index (χ4v) is 1.73. The van der Waals surface area contributed by atoms with Gasteiger partial charge in [0.05, 0.1) is 6.61 Å². The van der Waals surface area contributed by atoms with Crippen molar-refractivity contribution in [3.63, 3.8) is 0 Å². The lowest BCUT2D eigenvalue weighted by Crippen LogP contribution is -2.33. The summed E-state index contributed by atoms with van der Waals surface area (Å²) in [6.45, 7) is 3.86. The standard InChI is InChI=1S/C14H22N2O3/c1-4-19-12-7-5-6-11(10-12)13(14(17)18)15-8-9-16(2)3/h5-7,10,13,15H,4,8-9H2,1-3H3,(H,17,18). The summed E-state index contributed by atoms with van der Waals surface area (Å²) in [5.41, 5.74) is 0.706. The van der Waals surface area contributed by atoms with E-state index in [4.69, 9.17) is 4.74 Å². The van der Waals surface area contributed by atoms with Gasteiger partial charge in [0.1, 0.15) is 11.8 Å². The lowest BCUT2D eigenvalue weighted by Gasteiger charge is -2.17. The van der Waals surface area contributed by atoms with Crippen LogP contribution in [0, 0.1) is 0 Å². The van der Waals surface area contributed by atoms with E-state index in [0.717, 1.165) is 6.54 Å². The third-order valence-electron chi connectivity index (χ3n) is 2.66. The van der Waals surface area contributed by atoms with Crippen LogP contribution in [0.1, 0.15) is 18.5 Å². The molecule has 0 aliphatic heterocycles. The second kappa shape index (κ2) is 7.76. The molecule has 0 heterocycles. The molecule has 0 spiro atoms. The van der Waals surface area contributed by atoms with Gasteiger partial charge in [0.25, 0.3) is 0 Å². The van der Waals surface area contributed by atoms with E-state index in [1.807, 2.05) is 38.1 Å². The van der Waals surface area contributed by atoms with E-state index in [9.17, 15) is 9.90 Å². The average Bonchev–Trinajstić information content (AvgIpc) is 2.34. The molecule has 0 aromatic heterocycles. The smallest absolute Gasteiger partial charge is 0.325 e. The molecule has 0 saturated carbocycles. The van der Waals surface area contributed by atoms with Gasteiger partial charge in [0, 0.05) is 13.1 Å². The van der Waals surface area contributed by atoms with Gasteiger partial charge in [-0.25, -0.2) is 0 Å². The highest BCUT2D eigenvalue weighted by Crippen LogP contribution is 2.19. The van der Waals surface area contributed by atoms with Crippen molar-refractivity contribution in [2.45, 2.75) is 13.0 Å². The first-order valence-electron chi connectivity index (χ1n) is 6.38. The molecule has 1 aromatic rings. The molecule has 1 aromatic carbocycles. The highest BCUT2D eigenvalue weighted by molar-refractivity contribution is 5.75. The number of benzene rings is 1. The van der Waals surface area contributed by atoms with Gasteiger partial charge >= 0.3 is 5.97 Å². The Bertz CT molecular complexity index is 407. The summed E-state index contributed by atoms with van der Waals surface area (Å²) < 4.78 is 5.39. The van der Waals surface area contributed by atoms with E-state index in [1.165, 1.54) is 0 Å². The highest BCUT2D eigenvalue weighted by atomic mass is 16.5. The number of likely N-dealkylation sites (N-methyl/N-ethyl adjacent to an activating group) is 1. The Morgan fingerprint density at radius 2 is 2.21 bits per heavy atom. The van der Waals surface area contributed by atoms with Gasteiger partial charge in [-0.3, -0.25) is 10.1 Å². The number of nitrogens with one attached hydrogen (secondary N) is 1. The number of carboxylic acids is 1. The molecule has 0 fully saturated rings. The molecule has 0 radical (unpaired) electrons. The van der Waals surface area contributed by atoms with Crippen molar-refractivity contribution >= 4 is 5.97 Å². The minimum atomic E-state index is -0.882. The van der Waals surface area contributed by atoms with Gasteiger partial charge in [0.15, 0.2) is 0 Å². The van der Waals surface area contributed by atoms with Gasteiger partial charge in [0.2, 0.25) is 0 Å². The fraction of sp³-hybridized carbons (Fsp3) is 0.500. The predicted molar refractivity (Wildman–Crippen MR) is 74.5 cm³/mol. The van der Waals surface area contributed by atoms with Crippen LogP contribution in [0.3, 0.4) is 0 Å². The third kappa shape index (κ3) is 5.28. The number of rotatable bonds is 8. The number of hydrogen-bond acceptors (Lipinski definition) is 4. The van der Waals surface area contributed by atoms with Gasteiger partial charge in [-0.1, -0.05) is 12.1 Å². The second-order valence-electron chi connectivity index (χ2n) is 4.53. The topological polar surface area (TPSA) is 61.8 Å². The first-order chi connectivity index (χ1) is 9.04. The number of aliphatic carboxylic acids is 1. The number of carbonyl (C=O) groups is 1. The zero-order valence-corrected chi connectivity index (χ0v) is 11.7. The quantitative estimate of drug-likeness (QED) is 0.744. The van der Waals surface area contributed by atoms with Crippen LogP contribution < -0.4 is 10.1 Å². The lowest BCUT2D eigenvalue weighted by atomic mass is 10.1. The number of ether oxygens (including phenoxy) is 1. The Kier molecular flexibility index (Phi) is 6.32. The normalized spacial score (nSPS) is 12.4. The molecule has 19 heavy (non-hydrogen) atoms. The minimum Gasteiger partial charge on any atom is -0.494 e. The van der Waals surface area contributed by atoms with E-state index in [0.29, 0.717) is 24.5 Å². The molecule has 5 nitrogen and oxygen atoms in total. The van der Waals surface area contributed by atoms with E-state index in [1.54, 1.807) is 12.1 Å². The summed E-state index contributed by atoms with van der Waals surface area (Å²) in [4.78, 5) is 13.3. The Balaban J connectivity index is 2.75.